The fraction of sp³-hybridized carbons (Fsp3) is 0.727. The Morgan fingerprint density at radius 3 is 2.37 bits per heavy atom. The normalized spacial score (nSPS) is 12.6. The Bertz CT molecular complexity index is 347. The zero-order chi connectivity index (χ0) is 15.1. The Hall–Kier alpha value is -1.44. The molecule has 0 aliphatic heterocycles. The Labute approximate surface area is 116 Å². The number of carbonyl (C=O) groups excluding carboxylic acids is 2. The van der Waals surface area contributed by atoms with Gasteiger partial charge in [0.15, 0.2) is 0 Å². The molecule has 1 atom stereocenters. The van der Waals surface area contributed by atoms with Crippen molar-refractivity contribution in [2.45, 2.75) is 26.3 Å². The van der Waals surface area contributed by atoms with E-state index in [0.29, 0.717) is 12.2 Å². The number of hydrogen-bond donors (Lipinski definition) is 4. The lowest BCUT2D eigenvalue weighted by Gasteiger charge is -2.22. The van der Waals surface area contributed by atoms with Crippen LogP contribution in [-0.2, 0) is 9.59 Å². The van der Waals surface area contributed by atoms with Crippen LogP contribution in [0.5, 0.6) is 0 Å². The average molecular weight is 291 g/mol. The lowest BCUT2D eigenvalue weighted by atomic mass is 9.93. The van der Waals surface area contributed by atoms with Crippen molar-refractivity contribution in [3.8, 4) is 0 Å². The molecule has 0 radical (unpaired) electrons. The van der Waals surface area contributed by atoms with Gasteiger partial charge < -0.3 is 21.5 Å². The molecule has 0 heterocycles. The number of carboxylic acid groups (broad SMARTS) is 1. The predicted molar refractivity (Wildman–Crippen MR) is 73.9 cm³/mol. The summed E-state index contributed by atoms with van der Waals surface area (Å²) in [5.41, 5.74) is 4.28. The van der Waals surface area contributed by atoms with Crippen molar-refractivity contribution in [2.75, 3.05) is 18.6 Å². The second kappa shape index (κ2) is 7.88. The van der Waals surface area contributed by atoms with E-state index in [1.807, 2.05) is 6.26 Å². The number of thioether (sulfide) groups is 1. The van der Waals surface area contributed by atoms with E-state index in [0.717, 1.165) is 0 Å². The third-order valence-electron chi connectivity index (χ3n) is 2.57. The zero-order valence-corrected chi connectivity index (χ0v) is 12.2. The van der Waals surface area contributed by atoms with E-state index in [4.69, 9.17) is 10.8 Å². The summed E-state index contributed by atoms with van der Waals surface area (Å²) in [6.45, 7) is 3.24. The average Bonchev–Trinajstić information content (AvgIpc) is 2.31. The molecule has 110 valence electrons. The lowest BCUT2D eigenvalue weighted by Crippen LogP contribution is -2.50. The molecule has 19 heavy (non-hydrogen) atoms. The van der Waals surface area contributed by atoms with Gasteiger partial charge in [-0.1, -0.05) is 0 Å². The molecule has 5 N–H and O–H groups in total. The van der Waals surface area contributed by atoms with Gasteiger partial charge in [0.25, 0.3) is 0 Å². The van der Waals surface area contributed by atoms with Crippen molar-refractivity contribution < 1.29 is 19.5 Å². The summed E-state index contributed by atoms with van der Waals surface area (Å²) in [5, 5.41) is 13.7. The van der Waals surface area contributed by atoms with Crippen LogP contribution >= 0.6 is 11.8 Å². The van der Waals surface area contributed by atoms with Crippen molar-refractivity contribution in [2.24, 2.45) is 11.1 Å². The molecule has 0 rings (SSSR count). The first-order chi connectivity index (χ1) is 8.70. The molecular formula is C11H21N3O4S. The molecule has 0 bridgehead atoms. The monoisotopic (exact) mass is 291 g/mol. The molecule has 0 aromatic rings. The topological polar surface area (TPSA) is 122 Å². The molecule has 0 aliphatic carbocycles. The fourth-order valence-electron chi connectivity index (χ4n) is 1.09. The van der Waals surface area contributed by atoms with Crippen LogP contribution in [0.25, 0.3) is 0 Å². The molecule has 0 fully saturated rings. The van der Waals surface area contributed by atoms with E-state index in [9.17, 15) is 14.4 Å². The summed E-state index contributed by atoms with van der Waals surface area (Å²) in [6, 6.07) is -1.56. The summed E-state index contributed by atoms with van der Waals surface area (Å²) in [6.07, 6.45) is 2.19. The Morgan fingerprint density at radius 1 is 1.37 bits per heavy atom. The number of urea groups is 1. The third-order valence-corrected chi connectivity index (χ3v) is 3.22. The third kappa shape index (κ3) is 6.90. The quantitative estimate of drug-likeness (QED) is 0.501. The van der Waals surface area contributed by atoms with Crippen LogP contribution in [0.3, 0.4) is 0 Å². The maximum absolute atomic E-state index is 11.5. The van der Waals surface area contributed by atoms with Gasteiger partial charge in [-0.3, -0.25) is 4.79 Å². The van der Waals surface area contributed by atoms with Crippen LogP contribution in [0.15, 0.2) is 0 Å². The molecule has 0 unspecified atom stereocenters. The van der Waals surface area contributed by atoms with Crippen molar-refractivity contribution in [3.05, 3.63) is 0 Å². The highest BCUT2D eigenvalue weighted by Crippen LogP contribution is 2.11. The number of carboxylic acids is 1. The van der Waals surface area contributed by atoms with Gasteiger partial charge in [0.1, 0.15) is 6.04 Å². The highest BCUT2D eigenvalue weighted by molar-refractivity contribution is 7.98. The first-order valence-electron chi connectivity index (χ1n) is 5.76. The van der Waals surface area contributed by atoms with Gasteiger partial charge in [0.05, 0.1) is 5.41 Å². The van der Waals surface area contributed by atoms with Crippen molar-refractivity contribution in [1.29, 1.82) is 0 Å². The highest BCUT2D eigenvalue weighted by atomic mass is 32.2. The molecule has 0 aromatic heterocycles. The van der Waals surface area contributed by atoms with Gasteiger partial charge in [-0.25, -0.2) is 9.59 Å². The van der Waals surface area contributed by atoms with E-state index in [2.05, 4.69) is 10.6 Å². The highest BCUT2D eigenvalue weighted by Gasteiger charge is 2.26. The zero-order valence-electron chi connectivity index (χ0n) is 11.4. The molecular weight excluding hydrogens is 270 g/mol. The summed E-state index contributed by atoms with van der Waals surface area (Å²) in [4.78, 5) is 33.5. The van der Waals surface area contributed by atoms with Gasteiger partial charge in [-0.15, -0.1) is 0 Å². The maximum atomic E-state index is 11.5. The predicted octanol–water partition coefficient (Wildman–Crippen LogP) is 0.00340. The Morgan fingerprint density at radius 2 is 1.95 bits per heavy atom. The van der Waals surface area contributed by atoms with E-state index >= 15 is 0 Å². The first kappa shape index (κ1) is 17.6. The van der Waals surface area contributed by atoms with Crippen molar-refractivity contribution >= 4 is 29.7 Å². The van der Waals surface area contributed by atoms with Gasteiger partial charge >= 0.3 is 12.0 Å². The molecule has 3 amide bonds. The molecule has 0 aromatic carbocycles. The summed E-state index contributed by atoms with van der Waals surface area (Å²) in [5.74, 6) is -0.993. The number of nitrogens with two attached hydrogens (primary N) is 1. The molecule has 0 saturated heterocycles. The van der Waals surface area contributed by atoms with E-state index in [1.54, 1.807) is 13.8 Å². The number of primary amides is 1. The van der Waals surface area contributed by atoms with Crippen LogP contribution in [0.2, 0.25) is 0 Å². The molecule has 0 aliphatic rings. The molecule has 8 heteroatoms. The number of rotatable bonds is 8. The minimum atomic E-state index is -1.08. The number of hydrogen-bond acceptors (Lipinski definition) is 4. The summed E-state index contributed by atoms with van der Waals surface area (Å²) in [7, 11) is 0. The lowest BCUT2D eigenvalue weighted by molar-refractivity contribution is -0.139. The maximum Gasteiger partial charge on any atom is 0.326 e. The SMILES string of the molecule is CSCC[C@H](NC(=O)NCC(C)(C)C(N)=O)C(=O)O. The number of aliphatic carboxylic acids is 1. The standard InChI is InChI=1S/C11H21N3O4S/c1-11(2,9(12)17)6-13-10(18)14-7(8(15)16)4-5-19-3/h7H,4-6H2,1-3H3,(H2,12,17)(H,15,16)(H2,13,14,18)/t7-/m0/s1. The molecule has 7 nitrogen and oxygen atoms in total. The van der Waals surface area contributed by atoms with Crippen LogP contribution in [0.4, 0.5) is 4.79 Å². The second-order valence-corrected chi connectivity index (χ2v) is 5.73. The minimum absolute atomic E-state index is 0.0447. The van der Waals surface area contributed by atoms with Gasteiger partial charge in [0, 0.05) is 6.54 Å². The minimum Gasteiger partial charge on any atom is -0.480 e. The smallest absolute Gasteiger partial charge is 0.326 e. The van der Waals surface area contributed by atoms with E-state index in [-0.39, 0.29) is 6.54 Å². The number of nitrogens with one attached hydrogen (secondary N) is 2. The van der Waals surface area contributed by atoms with E-state index in [1.165, 1.54) is 11.8 Å². The van der Waals surface area contributed by atoms with Crippen LogP contribution in [0, 0.1) is 5.41 Å². The van der Waals surface area contributed by atoms with E-state index < -0.39 is 29.4 Å². The number of amides is 3. The Kier molecular flexibility index (Phi) is 7.28. The molecule has 0 saturated carbocycles. The van der Waals surface area contributed by atoms with Crippen molar-refractivity contribution in [3.63, 3.8) is 0 Å². The summed E-state index contributed by atoms with van der Waals surface area (Å²) >= 11 is 1.50. The largest absolute Gasteiger partial charge is 0.480 e. The van der Waals surface area contributed by atoms with Gasteiger partial charge in [0.2, 0.25) is 5.91 Å². The fourth-order valence-corrected chi connectivity index (χ4v) is 1.56. The summed E-state index contributed by atoms with van der Waals surface area (Å²) < 4.78 is 0. The van der Waals surface area contributed by atoms with Crippen LogP contribution in [0.1, 0.15) is 20.3 Å². The second-order valence-electron chi connectivity index (χ2n) is 4.75. The number of carbonyl (C=O) groups is 3. The first-order valence-corrected chi connectivity index (χ1v) is 7.16. The van der Waals surface area contributed by atoms with Crippen LogP contribution < -0.4 is 16.4 Å². The van der Waals surface area contributed by atoms with Crippen molar-refractivity contribution in [1.82, 2.24) is 10.6 Å². The van der Waals surface area contributed by atoms with Gasteiger partial charge in [-0.2, -0.15) is 11.8 Å². The van der Waals surface area contributed by atoms with Crippen LogP contribution in [-0.4, -0.2) is 47.6 Å². The Balaban J connectivity index is 4.27. The van der Waals surface area contributed by atoms with Gasteiger partial charge in [-0.05, 0) is 32.3 Å². The molecule has 0 spiro atoms.